The summed E-state index contributed by atoms with van der Waals surface area (Å²) in [4.78, 5) is 0.305. The van der Waals surface area contributed by atoms with E-state index >= 15 is 0 Å². The van der Waals surface area contributed by atoms with Crippen LogP contribution in [0.1, 0.15) is 54.1 Å². The van der Waals surface area contributed by atoms with Gasteiger partial charge >= 0.3 is 7.12 Å². The summed E-state index contributed by atoms with van der Waals surface area (Å²) in [5, 5.41) is -0.608. The molecule has 2 saturated heterocycles. The van der Waals surface area contributed by atoms with Crippen molar-refractivity contribution < 1.29 is 23.0 Å². The van der Waals surface area contributed by atoms with Crippen LogP contribution in [0.4, 0.5) is 5.00 Å². The van der Waals surface area contributed by atoms with Crippen molar-refractivity contribution in [3.8, 4) is 0 Å². The average molecular weight is 289 g/mol. The number of thiophene rings is 1. The smallest absolute Gasteiger partial charge is 0.399 e. The Bertz CT molecular complexity index is 814. The minimum atomic E-state index is -3.22. The fourth-order valence-corrected chi connectivity index (χ4v) is 2.43. The topological polar surface area (TPSA) is 21.7 Å². The molecule has 0 radical (unpaired) electrons. The SMILES string of the molecule is [2H]c1sc(N2C([2H])([2H])C([2H])([2H])C([2H])([2H])C2([2H])[2H])c([2H])c1B1OC(C)(C)C(C)(C)O1. The van der Waals surface area contributed by atoms with Crippen molar-refractivity contribution in [2.45, 2.75) is 51.6 Å². The highest BCUT2D eigenvalue weighted by molar-refractivity contribution is 7.15. The number of anilines is 1. The highest BCUT2D eigenvalue weighted by Gasteiger charge is 2.51. The molecule has 0 amide bonds. The van der Waals surface area contributed by atoms with Crippen LogP contribution >= 0.6 is 11.3 Å². The van der Waals surface area contributed by atoms with E-state index in [1.165, 1.54) is 0 Å². The minimum Gasteiger partial charge on any atom is -0.399 e. The molecule has 2 fully saturated rings. The van der Waals surface area contributed by atoms with Gasteiger partial charge in [-0.1, -0.05) is 0 Å². The molecule has 1 aromatic heterocycles. The van der Waals surface area contributed by atoms with Gasteiger partial charge in [-0.2, -0.15) is 0 Å². The Balaban J connectivity index is 2.15. The van der Waals surface area contributed by atoms with Gasteiger partial charge in [-0.05, 0) is 57.3 Å². The van der Waals surface area contributed by atoms with Gasteiger partial charge in [0.1, 0.15) is 0 Å². The molecule has 5 heteroatoms. The van der Waals surface area contributed by atoms with Crippen molar-refractivity contribution in [2.24, 2.45) is 0 Å². The van der Waals surface area contributed by atoms with Crippen molar-refractivity contribution in [1.82, 2.24) is 0 Å². The Labute approximate surface area is 134 Å². The predicted octanol–water partition coefficient (Wildman–Crippen LogP) is 2.65. The van der Waals surface area contributed by atoms with E-state index in [4.69, 9.17) is 23.0 Å². The van der Waals surface area contributed by atoms with Crippen LogP contribution in [0.2, 0.25) is 0 Å². The van der Waals surface area contributed by atoms with E-state index < -0.39 is 50.1 Å². The van der Waals surface area contributed by atoms with Gasteiger partial charge in [-0.15, -0.1) is 11.3 Å². The summed E-state index contributed by atoms with van der Waals surface area (Å²) in [6, 6.07) is -0.445. The Morgan fingerprint density at radius 1 is 1.26 bits per heavy atom. The first-order valence-corrected chi connectivity index (χ1v) is 6.81. The summed E-state index contributed by atoms with van der Waals surface area (Å²) in [6.07, 6.45) is -6.43. The summed E-state index contributed by atoms with van der Waals surface area (Å²) < 4.78 is 92.7. The third-order valence-electron chi connectivity index (χ3n) is 3.59. The van der Waals surface area contributed by atoms with E-state index in [1.807, 2.05) is 0 Å². The van der Waals surface area contributed by atoms with Crippen LogP contribution in [0.25, 0.3) is 0 Å². The fourth-order valence-electron chi connectivity index (χ4n) is 1.74. The van der Waals surface area contributed by atoms with Crippen molar-refractivity contribution in [2.75, 3.05) is 17.9 Å². The molecule has 2 aliphatic rings. The highest BCUT2D eigenvalue weighted by atomic mass is 32.1. The maximum Gasteiger partial charge on any atom is 0.495 e. The largest absolute Gasteiger partial charge is 0.495 e. The lowest BCUT2D eigenvalue weighted by atomic mass is 9.81. The van der Waals surface area contributed by atoms with Crippen molar-refractivity contribution >= 4 is 28.9 Å². The van der Waals surface area contributed by atoms with Crippen molar-refractivity contribution in [3.05, 3.63) is 11.4 Å². The van der Waals surface area contributed by atoms with E-state index in [9.17, 15) is 0 Å². The van der Waals surface area contributed by atoms with Crippen molar-refractivity contribution in [3.63, 3.8) is 0 Å². The number of rotatable bonds is 2. The maximum absolute atomic E-state index is 8.48. The summed E-state index contributed by atoms with van der Waals surface area (Å²) in [5.41, 5.74) is -1.54. The second kappa shape index (κ2) is 4.50. The first-order valence-electron chi connectivity index (χ1n) is 11.0. The molecule has 104 valence electrons. The maximum atomic E-state index is 8.48. The minimum absolute atomic E-state index is 0.0247. The van der Waals surface area contributed by atoms with Gasteiger partial charge < -0.3 is 14.2 Å². The van der Waals surface area contributed by atoms with Crippen LogP contribution in [0.15, 0.2) is 11.4 Å². The molecule has 1 aromatic rings. The molecular formula is C14H22BNO2S. The van der Waals surface area contributed by atoms with Crippen LogP contribution < -0.4 is 10.4 Å². The molecule has 0 saturated carbocycles. The molecule has 3 heterocycles. The van der Waals surface area contributed by atoms with E-state index in [2.05, 4.69) is 0 Å². The van der Waals surface area contributed by atoms with Gasteiger partial charge in [-0.3, -0.25) is 0 Å². The number of nitrogens with zero attached hydrogens (tertiary/aromatic N) is 1. The monoisotopic (exact) mass is 289 g/mol. The Morgan fingerprint density at radius 3 is 2.42 bits per heavy atom. The zero-order valence-corrected chi connectivity index (χ0v) is 12.1. The van der Waals surface area contributed by atoms with Crippen LogP contribution in [0.5, 0.6) is 0 Å². The normalized spacial score (nSPS) is 43.6. The summed E-state index contributed by atoms with van der Waals surface area (Å²) in [7, 11) is -1.11. The lowest BCUT2D eigenvalue weighted by Crippen LogP contribution is -2.41. The molecule has 19 heavy (non-hydrogen) atoms. The van der Waals surface area contributed by atoms with Crippen LogP contribution in [0, 0.1) is 0 Å². The molecule has 2 aliphatic heterocycles. The molecule has 0 spiro atoms. The lowest BCUT2D eigenvalue weighted by molar-refractivity contribution is 0.00578. The van der Waals surface area contributed by atoms with Gasteiger partial charge in [0.15, 0.2) is 0 Å². The van der Waals surface area contributed by atoms with E-state index in [-0.39, 0.29) is 15.8 Å². The Hall–Kier alpha value is -0.515. The highest BCUT2D eigenvalue weighted by Crippen LogP contribution is 2.37. The predicted molar refractivity (Wildman–Crippen MR) is 81.5 cm³/mol. The van der Waals surface area contributed by atoms with E-state index in [1.54, 1.807) is 27.7 Å². The van der Waals surface area contributed by atoms with Gasteiger partial charge in [-0.25, -0.2) is 0 Å². The molecule has 0 atom stereocenters. The van der Waals surface area contributed by atoms with Gasteiger partial charge in [0.05, 0.1) is 18.9 Å². The van der Waals surface area contributed by atoms with E-state index in [0.29, 0.717) is 16.2 Å². The first-order chi connectivity index (χ1) is 12.7. The standard InChI is InChI=1S/C14H22BNO2S/c1-13(2)14(3,4)18-15(17-13)11-9-12(19-10-11)16-7-5-6-8-16/h9-10H,5-8H2,1-4H3/i5D2,6D2,7D2,8D2,9D,10D. The van der Waals surface area contributed by atoms with Gasteiger partial charge in [0.2, 0.25) is 0 Å². The molecule has 0 N–H and O–H groups in total. The first kappa shape index (κ1) is 6.08. The zero-order valence-electron chi connectivity index (χ0n) is 21.2. The molecule has 0 bridgehead atoms. The molecule has 0 unspecified atom stereocenters. The molecule has 0 aromatic carbocycles. The molecular weight excluding hydrogens is 257 g/mol. The second-order valence-electron chi connectivity index (χ2n) is 5.45. The summed E-state index contributed by atoms with van der Waals surface area (Å²) in [5.74, 6) is 0. The number of hydrogen-bond donors (Lipinski definition) is 0. The fraction of sp³-hybridized carbons (Fsp3) is 0.714. The molecule has 3 nitrogen and oxygen atoms in total. The summed E-state index contributed by atoms with van der Waals surface area (Å²) in [6.45, 7) is 0.923. The summed E-state index contributed by atoms with van der Waals surface area (Å²) >= 11 is 0.563. The van der Waals surface area contributed by atoms with Gasteiger partial charge in [0.25, 0.3) is 0 Å². The molecule has 0 aliphatic carbocycles. The lowest BCUT2D eigenvalue weighted by Gasteiger charge is -2.32. The quantitative estimate of drug-likeness (QED) is 0.781. The zero-order chi connectivity index (χ0) is 22.6. The average Bonchev–Trinajstić information content (AvgIpc) is 2.92. The third kappa shape index (κ3) is 2.32. The van der Waals surface area contributed by atoms with E-state index in [0.717, 1.165) is 0 Å². The number of hydrogen-bond acceptors (Lipinski definition) is 4. The van der Waals surface area contributed by atoms with Crippen LogP contribution in [-0.4, -0.2) is 31.3 Å². The second-order valence-corrected chi connectivity index (χ2v) is 6.24. The third-order valence-corrected chi connectivity index (χ3v) is 4.39. The Kier molecular flexibility index (Phi) is 1.44. The molecule has 3 rings (SSSR count). The van der Waals surface area contributed by atoms with Crippen LogP contribution in [-0.2, 0) is 9.31 Å². The Morgan fingerprint density at radius 2 is 1.84 bits per heavy atom. The van der Waals surface area contributed by atoms with Gasteiger partial charge in [0, 0.05) is 24.0 Å². The van der Waals surface area contributed by atoms with Crippen LogP contribution in [0.3, 0.4) is 0 Å². The van der Waals surface area contributed by atoms with Crippen molar-refractivity contribution in [1.29, 1.82) is 0 Å².